The molecule has 0 spiro atoms. The Morgan fingerprint density at radius 3 is 1.70 bits per heavy atom. The van der Waals surface area contributed by atoms with Gasteiger partial charge in [-0.3, -0.25) is 4.79 Å². The molecule has 0 amide bonds. The number of hydrogen-bond acceptors (Lipinski definition) is 4. The minimum absolute atomic E-state index is 0.171. The van der Waals surface area contributed by atoms with Crippen LogP contribution in [0.2, 0.25) is 0 Å². The maximum absolute atomic E-state index is 10.6. The van der Waals surface area contributed by atoms with E-state index >= 15 is 0 Å². The van der Waals surface area contributed by atoms with Crippen LogP contribution in [0.4, 0.5) is 0 Å². The summed E-state index contributed by atoms with van der Waals surface area (Å²) in [5.41, 5.74) is 4.57. The minimum atomic E-state index is -0.384. The van der Waals surface area contributed by atoms with Crippen molar-refractivity contribution in [3.8, 4) is 5.75 Å². The molecule has 2 aromatic rings. The fraction of sp³-hybridized carbons (Fsp3) is 0.552. The topological polar surface area (TPSA) is 44.8 Å². The Balaban J connectivity index is 0.000000383. The number of esters is 1. The number of benzene rings is 2. The van der Waals surface area contributed by atoms with Gasteiger partial charge in [0, 0.05) is 6.92 Å². The molecule has 1 unspecified atom stereocenters. The monoisotopic (exact) mass is 456 g/mol. The Hall–Kier alpha value is -2.33. The van der Waals surface area contributed by atoms with E-state index < -0.39 is 0 Å². The molecule has 0 aliphatic rings. The zero-order chi connectivity index (χ0) is 25.1. The zero-order valence-electron chi connectivity index (χ0n) is 22.2. The van der Waals surface area contributed by atoms with Gasteiger partial charge in [0.2, 0.25) is 0 Å². The molecule has 0 fully saturated rings. The van der Waals surface area contributed by atoms with Crippen molar-refractivity contribution in [2.24, 2.45) is 0 Å². The summed E-state index contributed by atoms with van der Waals surface area (Å²) in [5, 5.41) is 0. The first-order valence-corrected chi connectivity index (χ1v) is 12.0. The van der Waals surface area contributed by atoms with Gasteiger partial charge in [0.25, 0.3) is 0 Å². The lowest BCUT2D eigenvalue weighted by molar-refractivity contribution is -0.145. The molecule has 0 bridgehead atoms. The number of hydrogen-bond donors (Lipinski definition) is 0. The summed E-state index contributed by atoms with van der Waals surface area (Å²) in [5.74, 6) is 0.465. The third-order valence-corrected chi connectivity index (χ3v) is 6.28. The second kappa shape index (κ2) is 13.4. The molecular formula is C29H44O4. The normalized spacial score (nSPS) is 12.4. The average molecular weight is 457 g/mol. The first kappa shape index (κ1) is 28.7. The van der Waals surface area contributed by atoms with Gasteiger partial charge < -0.3 is 14.2 Å². The zero-order valence-corrected chi connectivity index (χ0v) is 22.2. The van der Waals surface area contributed by atoms with E-state index in [1.54, 1.807) is 0 Å². The van der Waals surface area contributed by atoms with Gasteiger partial charge in [-0.05, 0) is 60.8 Å². The number of ether oxygens (including phenoxy) is 3. The third-order valence-electron chi connectivity index (χ3n) is 6.28. The van der Waals surface area contributed by atoms with Gasteiger partial charge in [-0.15, -0.1) is 0 Å². The third kappa shape index (κ3) is 10.4. The number of aryl methyl sites for hydroxylation is 1. The molecule has 0 N–H and O–H groups in total. The quantitative estimate of drug-likeness (QED) is 0.213. The van der Waals surface area contributed by atoms with Crippen molar-refractivity contribution in [2.75, 3.05) is 13.2 Å². The van der Waals surface area contributed by atoms with Crippen LogP contribution in [0.25, 0.3) is 0 Å². The maximum Gasteiger partial charge on any atom is 0.302 e. The standard InChI is InChI=1S/C17H26O4.C12H18/c1-6-17(4,5)15-7-9-16(10-8-15)21-14(3)20-12-11-19-13(2)18;1-5-12(3,4)11-8-6-10(2)7-9-11/h7-10,14H,6,11-12H2,1-5H3;6-9H,5H2,1-4H3. The van der Waals surface area contributed by atoms with Crippen molar-refractivity contribution in [3.63, 3.8) is 0 Å². The Morgan fingerprint density at radius 2 is 1.27 bits per heavy atom. The van der Waals surface area contributed by atoms with E-state index in [1.807, 2.05) is 19.1 Å². The SMILES string of the molecule is CCC(C)(C)c1ccc(C)cc1.CCC(C)(C)c1ccc(OC(C)OCCOC(C)=O)cc1. The fourth-order valence-corrected chi connectivity index (χ4v) is 3.02. The van der Waals surface area contributed by atoms with Crippen molar-refractivity contribution in [2.45, 2.75) is 92.3 Å². The highest BCUT2D eigenvalue weighted by molar-refractivity contribution is 5.65. The van der Waals surface area contributed by atoms with Gasteiger partial charge in [0.15, 0.2) is 6.29 Å². The van der Waals surface area contributed by atoms with Crippen LogP contribution in [0.15, 0.2) is 48.5 Å². The van der Waals surface area contributed by atoms with Gasteiger partial charge in [-0.2, -0.15) is 0 Å². The molecule has 1 atom stereocenters. The molecule has 4 nitrogen and oxygen atoms in total. The van der Waals surface area contributed by atoms with E-state index in [-0.39, 0.29) is 24.3 Å². The Morgan fingerprint density at radius 1 is 0.818 bits per heavy atom. The molecule has 0 aromatic heterocycles. The van der Waals surface area contributed by atoms with Gasteiger partial charge in [-0.25, -0.2) is 0 Å². The molecule has 0 saturated carbocycles. The largest absolute Gasteiger partial charge is 0.465 e. The van der Waals surface area contributed by atoms with Gasteiger partial charge in [0.1, 0.15) is 12.4 Å². The van der Waals surface area contributed by atoms with Crippen molar-refractivity contribution >= 4 is 5.97 Å². The average Bonchev–Trinajstić information content (AvgIpc) is 2.78. The summed E-state index contributed by atoms with van der Waals surface area (Å²) in [6, 6.07) is 16.9. The molecule has 0 aliphatic carbocycles. The van der Waals surface area contributed by atoms with Crippen LogP contribution >= 0.6 is 0 Å². The summed E-state index contributed by atoms with van der Waals surface area (Å²) in [4.78, 5) is 10.6. The molecule has 0 saturated heterocycles. The van der Waals surface area contributed by atoms with Crippen LogP contribution in [-0.2, 0) is 25.1 Å². The van der Waals surface area contributed by atoms with Crippen LogP contribution in [0, 0.1) is 6.92 Å². The van der Waals surface area contributed by atoms with Crippen LogP contribution in [0.3, 0.4) is 0 Å². The number of rotatable bonds is 10. The molecule has 184 valence electrons. The summed E-state index contributed by atoms with van der Waals surface area (Å²) >= 11 is 0. The molecule has 2 rings (SSSR count). The van der Waals surface area contributed by atoms with Crippen LogP contribution in [-0.4, -0.2) is 25.5 Å². The molecular weight excluding hydrogens is 412 g/mol. The van der Waals surface area contributed by atoms with E-state index in [0.717, 1.165) is 12.2 Å². The van der Waals surface area contributed by atoms with Crippen LogP contribution < -0.4 is 4.74 Å². The Kier molecular flexibility index (Phi) is 11.7. The van der Waals surface area contributed by atoms with Crippen molar-refractivity contribution in [3.05, 3.63) is 65.2 Å². The molecule has 0 aliphatic heterocycles. The summed E-state index contributed by atoms with van der Waals surface area (Å²) in [7, 11) is 0. The highest BCUT2D eigenvalue weighted by Gasteiger charge is 2.18. The highest BCUT2D eigenvalue weighted by atomic mass is 16.7. The van der Waals surface area contributed by atoms with Crippen LogP contribution in [0.1, 0.15) is 84.9 Å². The lowest BCUT2D eigenvalue weighted by Gasteiger charge is -2.23. The first-order chi connectivity index (χ1) is 15.4. The van der Waals surface area contributed by atoms with E-state index in [2.05, 4.69) is 84.9 Å². The van der Waals surface area contributed by atoms with E-state index in [0.29, 0.717) is 12.0 Å². The maximum atomic E-state index is 10.6. The van der Waals surface area contributed by atoms with Crippen LogP contribution in [0.5, 0.6) is 5.75 Å². The highest BCUT2D eigenvalue weighted by Crippen LogP contribution is 2.28. The van der Waals surface area contributed by atoms with Crippen molar-refractivity contribution in [1.82, 2.24) is 0 Å². The number of carbonyl (C=O) groups is 1. The second-order valence-electron chi connectivity index (χ2n) is 9.76. The summed E-state index contributed by atoms with van der Waals surface area (Å²) in [6.45, 7) is 19.3. The van der Waals surface area contributed by atoms with Gasteiger partial charge >= 0.3 is 5.97 Å². The molecule has 0 heterocycles. The predicted molar refractivity (Wildman–Crippen MR) is 137 cm³/mol. The smallest absolute Gasteiger partial charge is 0.302 e. The van der Waals surface area contributed by atoms with Crippen molar-refractivity contribution < 1.29 is 19.0 Å². The molecule has 2 aromatic carbocycles. The lowest BCUT2D eigenvalue weighted by atomic mass is 9.82. The molecule has 0 radical (unpaired) electrons. The second-order valence-corrected chi connectivity index (χ2v) is 9.76. The molecule has 33 heavy (non-hydrogen) atoms. The summed E-state index contributed by atoms with van der Waals surface area (Å²) in [6.07, 6.45) is 1.89. The Bertz CT molecular complexity index is 820. The van der Waals surface area contributed by atoms with E-state index in [4.69, 9.17) is 14.2 Å². The van der Waals surface area contributed by atoms with E-state index in [9.17, 15) is 4.79 Å². The Labute approximate surface area is 201 Å². The van der Waals surface area contributed by atoms with E-state index in [1.165, 1.54) is 30.0 Å². The van der Waals surface area contributed by atoms with Gasteiger partial charge in [-0.1, -0.05) is 83.5 Å². The summed E-state index contributed by atoms with van der Waals surface area (Å²) < 4.78 is 15.9. The molecule has 4 heteroatoms. The van der Waals surface area contributed by atoms with Crippen molar-refractivity contribution in [1.29, 1.82) is 0 Å². The lowest BCUT2D eigenvalue weighted by Crippen LogP contribution is -2.20. The minimum Gasteiger partial charge on any atom is -0.465 e. The predicted octanol–water partition coefficient (Wildman–Crippen LogP) is 7.36. The van der Waals surface area contributed by atoms with Gasteiger partial charge in [0.05, 0.1) is 6.61 Å². The first-order valence-electron chi connectivity index (χ1n) is 12.0. The fourth-order valence-electron chi connectivity index (χ4n) is 3.02. The number of carbonyl (C=O) groups excluding carboxylic acids is 1.